The van der Waals surface area contributed by atoms with Gasteiger partial charge in [0, 0.05) is 128 Å². The number of ether oxygens (including phenoxy) is 12. The number of nitrogens with one attached hydrogen (secondary N) is 1. The molecule has 6 aliphatic heterocycles. The topological polar surface area (TPSA) is 443 Å². The maximum Gasteiger partial charge on any atom is 1.00 e. The zero-order valence-corrected chi connectivity index (χ0v) is 79.1. The summed E-state index contributed by atoms with van der Waals surface area (Å²) in [6, 6.07) is -1.64. The fourth-order valence-electron chi connectivity index (χ4n) is 17.2. The van der Waals surface area contributed by atoms with E-state index in [0.29, 0.717) is 132 Å². The fourth-order valence-corrected chi connectivity index (χ4v) is 18.7. The number of hydrogen-bond donors (Lipinski definition) is 4. The Kier molecular flexibility index (Phi) is 48.0. The van der Waals surface area contributed by atoms with E-state index >= 15 is 0 Å². The third-order valence-corrected chi connectivity index (χ3v) is 24.6. The summed E-state index contributed by atoms with van der Waals surface area (Å²) in [4.78, 5) is 75.8. The Morgan fingerprint density at radius 3 is 1.37 bits per heavy atom. The number of aliphatic hydroxyl groups excluding tert-OH is 2. The summed E-state index contributed by atoms with van der Waals surface area (Å²) in [6.07, 6.45) is 4.50. The minimum absolute atomic E-state index is 0. The van der Waals surface area contributed by atoms with Crippen molar-refractivity contribution in [1.29, 1.82) is 5.26 Å². The Morgan fingerprint density at radius 2 is 1.04 bits per heavy atom. The van der Waals surface area contributed by atoms with Gasteiger partial charge in [-0.25, -0.2) is 19.2 Å². The second kappa shape index (κ2) is 51.1. The number of unbranched alkanes of at least 4 members (excludes halogenated alkanes) is 2. The molecule has 667 valence electrons. The van der Waals surface area contributed by atoms with Crippen molar-refractivity contribution in [2.45, 2.75) is 332 Å². The van der Waals surface area contributed by atoms with Crippen LogP contribution in [0.4, 0.5) is 9.59 Å². The number of aldehydes is 1. The van der Waals surface area contributed by atoms with Crippen LogP contribution in [0.25, 0.3) is 20.9 Å². The summed E-state index contributed by atoms with van der Waals surface area (Å²) in [5.41, 5.74) is 18.3. The van der Waals surface area contributed by atoms with E-state index in [0.717, 1.165) is 6.29 Å². The molecule has 0 aliphatic carbocycles. The Labute approximate surface area is 733 Å². The number of azide groups is 2. The number of nitrogens with two attached hydrogens (primary N) is 1. The van der Waals surface area contributed by atoms with Crippen LogP contribution in [0.1, 0.15) is 202 Å². The first-order chi connectivity index (χ1) is 54.9. The van der Waals surface area contributed by atoms with Crippen molar-refractivity contribution in [3.63, 3.8) is 0 Å². The third-order valence-electron chi connectivity index (χ3n) is 23.0. The van der Waals surface area contributed by atoms with Crippen LogP contribution < -0.4 is 40.6 Å². The normalized spacial score (nSPS) is 28.7. The number of aliphatic hydroxyl groups is 2. The van der Waals surface area contributed by atoms with Gasteiger partial charge < -0.3 is 105 Å². The number of hydrogen-bond acceptors (Lipinski definition) is 28. The molecule has 0 saturated carbocycles. The van der Waals surface area contributed by atoms with Gasteiger partial charge in [0.15, 0.2) is 40.7 Å². The fraction of sp³-hybridized carbons (Fsp3) is 0.827. The van der Waals surface area contributed by atoms with Gasteiger partial charge in [-0.05, 0) is 184 Å². The van der Waals surface area contributed by atoms with Gasteiger partial charge in [-0.3, -0.25) is 18.9 Å². The van der Waals surface area contributed by atoms with Gasteiger partial charge in [-0.1, -0.05) is 63.9 Å². The van der Waals surface area contributed by atoms with Crippen molar-refractivity contribution in [1.82, 2.24) is 24.9 Å². The number of cyclic esters (lactones) is 4. The van der Waals surface area contributed by atoms with E-state index in [1.54, 1.807) is 98.5 Å². The van der Waals surface area contributed by atoms with E-state index in [1.165, 1.54) is 0 Å². The number of esters is 2. The van der Waals surface area contributed by atoms with E-state index in [2.05, 4.69) is 45.5 Å². The molecule has 5 N–H and O–H groups in total. The van der Waals surface area contributed by atoms with E-state index in [-0.39, 0.29) is 109 Å². The van der Waals surface area contributed by atoms with Gasteiger partial charge in [0.25, 0.3) is 0 Å². The molecular formula is C81H138BN13NaO21P2. The van der Waals surface area contributed by atoms with Crippen molar-refractivity contribution in [2.24, 2.45) is 39.6 Å². The minimum Gasteiger partial charge on any atom is -0.512 e. The first kappa shape index (κ1) is 112. The number of carbonyl (C=O) groups excluding carboxylic acids is 5. The maximum atomic E-state index is 13.3. The molecule has 2 amide bonds. The molecular weight excluding hydrogens is 1590 g/mol. The third kappa shape index (κ3) is 29.1. The Hall–Kier alpha value is -5.40. The van der Waals surface area contributed by atoms with Gasteiger partial charge in [0.1, 0.15) is 29.1 Å². The predicted molar refractivity (Wildman–Crippen MR) is 446 cm³/mol. The quantitative estimate of drug-likeness (QED) is 0.00376. The molecule has 38 heteroatoms. The van der Waals surface area contributed by atoms with Crippen LogP contribution in [0.2, 0.25) is 0 Å². The smallest absolute Gasteiger partial charge is 0.512 e. The number of methoxy groups -OCH3 is 2. The maximum absolute atomic E-state index is 13.3. The average Bonchev–Trinajstić information content (AvgIpc) is 1.75. The Balaban J connectivity index is 0.000000975. The van der Waals surface area contributed by atoms with Crippen molar-refractivity contribution in [3.8, 4) is 0 Å². The SMILES string of the molecule is C=CC[C@](C[C@@H](C)C=O)(OC)[C@H](O[C@@H]1OC(C)CC(N(C)C)C1P=O)[C@H](C)C1=C(C)C(=O)OC(C)(C)O1.C=CC[C@](C[C@@H](C)CN[C@H](C)[C@H]1N(CCCCN=[N+]=[N-])C(=O)O[C@]1(C)[C@H](O)CC)(OC)[C@H](O[C@@H]1OC(C)CC(N(C)C)C1P=O)[C@H](C)C1=C(C)C(=O)OC(C)(C)O1.CC[C@@H](O)[C@@]1(C)OC(=O)N(CCCCN=[N+]=[N-])[C@@H]1[C@@H](C)N.[B].[C-]#N.[Na+]. The molecule has 3 radical (unpaired) electrons. The summed E-state index contributed by atoms with van der Waals surface area (Å²) in [5, 5.41) is 38.3. The van der Waals surface area contributed by atoms with Crippen LogP contribution in [-0.2, 0) is 80.4 Å². The van der Waals surface area contributed by atoms with Crippen molar-refractivity contribution in [3.05, 3.63) is 75.4 Å². The molecule has 6 unspecified atom stereocenters. The molecule has 0 bridgehead atoms. The van der Waals surface area contributed by atoms with Gasteiger partial charge in [0.05, 0.1) is 71.1 Å². The predicted octanol–water partition coefficient (Wildman–Crippen LogP) is 9.72. The molecule has 6 aliphatic rings. The van der Waals surface area contributed by atoms with Crippen molar-refractivity contribution in [2.75, 3.05) is 75.1 Å². The molecule has 0 aromatic heterocycles. The zero-order chi connectivity index (χ0) is 89.1. The van der Waals surface area contributed by atoms with Crippen LogP contribution in [0.3, 0.4) is 0 Å². The van der Waals surface area contributed by atoms with E-state index < -0.39 is 124 Å². The second-order valence-corrected chi connectivity index (χ2v) is 35.2. The second-order valence-electron chi connectivity index (χ2n) is 33.6. The van der Waals surface area contributed by atoms with Crippen molar-refractivity contribution >= 4 is 55.7 Å². The Morgan fingerprint density at radius 1 is 0.672 bits per heavy atom. The van der Waals surface area contributed by atoms with E-state index in [1.807, 2.05) is 93.4 Å². The molecule has 34 nitrogen and oxygen atoms in total. The van der Waals surface area contributed by atoms with Gasteiger partial charge >= 0.3 is 53.7 Å². The average molecular weight is 1730 g/mol. The summed E-state index contributed by atoms with van der Waals surface area (Å²) in [5.74, 6) is -4.04. The Bertz CT molecular complexity index is 3470. The van der Waals surface area contributed by atoms with Crippen LogP contribution in [0.5, 0.6) is 0 Å². The zero-order valence-electron chi connectivity index (χ0n) is 75.3. The number of carbonyl (C=O) groups is 5. The molecule has 0 aromatic carbocycles. The monoisotopic (exact) mass is 1720 g/mol. The van der Waals surface area contributed by atoms with Crippen LogP contribution in [0.15, 0.2) is 58.2 Å². The molecule has 24 atom stereocenters. The standard InChI is InChI=1S/C40H69N6O10P.C27H44NO8P.C13H25N5O3.CN.B.Na/c1-14-18-40(51-13,22-24(3)23-42-28(7)33-39(10,30(47)15-2)56-37(49)46(33)20-17-16-19-43-44-41)34(26(5)31-27(6)35(48)55-38(8,9)54-31)53-36-32(57-50)29(45(11)12)21-25(4)52-36;1-11-12-27(32-10,14-16(2)15-29)23(18(4)21-19(5)24(30)36-26(6,7)35-21)34-25-22(37-31)20(28(8)9)13-17(3)33-25;1-4-10(19)13(3)11(9(2)14)18(12(20)21-13)8-6-5-7-16-17-15;1-2;;/h14,24-26,28-30,32-34,36,42,47H,1,15-23H2,2-13H3;11,15-18,20,22-23,25H,1,12-14H2,2-10H3;9-11,19H,4-8,14H2,1-3H3;;;/q;;;-1;;+1/t24-,25?,26-,28-,29?,30-,32?,33-,34-,36+,39-,40-;16-,17?,18-,20?,22?,23-,25+,27-;9-,10-,11-,13-;;;/m111.../s1. The minimum atomic E-state index is -1.22. The van der Waals surface area contributed by atoms with E-state index in [4.69, 9.17) is 85.5 Å². The molecule has 6 rings (SSSR count). The molecule has 4 saturated heterocycles. The van der Waals surface area contributed by atoms with Crippen LogP contribution in [0, 0.1) is 35.5 Å². The first-order valence-electron chi connectivity index (χ1n) is 40.6. The van der Waals surface area contributed by atoms with Crippen LogP contribution in [-0.4, -0.2) is 275 Å². The number of rotatable bonds is 44. The van der Waals surface area contributed by atoms with Crippen molar-refractivity contribution < 1.29 is 130 Å². The summed E-state index contributed by atoms with van der Waals surface area (Å²) in [7, 11) is 10.8. The molecule has 6 heterocycles. The largest absolute Gasteiger partial charge is 1.00 e. The summed E-state index contributed by atoms with van der Waals surface area (Å²) in [6.45, 7) is 47.5. The number of amides is 2. The molecule has 119 heavy (non-hydrogen) atoms. The molecule has 4 fully saturated rings. The first-order valence-corrected chi connectivity index (χ1v) is 42.4. The van der Waals surface area contributed by atoms with Gasteiger partial charge in [-0.2, -0.15) is 0 Å². The summed E-state index contributed by atoms with van der Waals surface area (Å²) >= 11 is 0. The van der Waals surface area contributed by atoms with Crippen LogP contribution >= 0.6 is 16.9 Å². The summed E-state index contributed by atoms with van der Waals surface area (Å²) < 4.78 is 99.2. The molecule has 0 spiro atoms. The van der Waals surface area contributed by atoms with Gasteiger partial charge in [-0.15, -0.1) is 13.2 Å². The van der Waals surface area contributed by atoms with Gasteiger partial charge in [0.2, 0.25) is 11.6 Å². The van der Waals surface area contributed by atoms with E-state index in [9.17, 15) is 43.3 Å². The molecule has 0 aromatic rings. The number of nitrogens with zero attached hydrogens (tertiary/aromatic N) is 11.